The molecule has 0 amide bonds. The summed E-state index contributed by atoms with van der Waals surface area (Å²) in [6.45, 7) is 2.96. The predicted molar refractivity (Wildman–Crippen MR) is 34.4 cm³/mol. The van der Waals surface area contributed by atoms with E-state index in [1.54, 1.807) is 6.92 Å². The molecule has 0 aromatic rings. The third kappa shape index (κ3) is 4.34. The van der Waals surface area contributed by atoms with Crippen molar-refractivity contribution in [2.24, 2.45) is 0 Å². The minimum atomic E-state index is -2.64. The van der Waals surface area contributed by atoms with Crippen LogP contribution in [0, 0.1) is 0 Å². The van der Waals surface area contributed by atoms with Crippen molar-refractivity contribution in [3.05, 3.63) is 11.9 Å². The van der Waals surface area contributed by atoms with Crippen molar-refractivity contribution < 1.29 is 13.3 Å². The number of halogens is 2. The average Bonchev–Trinajstić information content (AvgIpc) is 1.63. The van der Waals surface area contributed by atoms with Crippen molar-refractivity contribution in [3.63, 3.8) is 0 Å². The topological polar surface area (TPSA) is 17.1 Å². The fraction of sp³-hybridized carbons (Fsp3) is 0.600. The lowest BCUT2D eigenvalue weighted by atomic mass is 11.0. The van der Waals surface area contributed by atoms with E-state index in [1.807, 2.05) is 0 Å². The lowest BCUT2D eigenvalue weighted by Gasteiger charge is -1.99. The summed E-state index contributed by atoms with van der Waals surface area (Å²) in [5, 5.41) is 0. The minimum Gasteiger partial charge on any atom is -0.319 e. The molecule has 0 aromatic carbocycles. The summed E-state index contributed by atoms with van der Waals surface area (Å²) in [5.41, 5.74) is 0. The van der Waals surface area contributed by atoms with E-state index in [9.17, 15) is 13.3 Å². The molecule has 0 bridgehead atoms. The Labute approximate surface area is 53.1 Å². The second-order valence-electron chi connectivity index (χ2n) is 1.91. The Morgan fingerprint density at radius 3 is 2.22 bits per heavy atom. The first-order valence-corrected chi connectivity index (χ1v) is 4.99. The first-order chi connectivity index (χ1) is 3.98. The highest BCUT2D eigenvalue weighted by Gasteiger charge is 2.09. The van der Waals surface area contributed by atoms with Gasteiger partial charge in [0.1, 0.15) is 7.14 Å². The molecule has 0 radical (unpaired) electrons. The van der Waals surface area contributed by atoms with Gasteiger partial charge in [-0.15, -0.1) is 0 Å². The molecule has 0 aliphatic carbocycles. The summed E-state index contributed by atoms with van der Waals surface area (Å²) in [4.78, 5) is 0. The Morgan fingerprint density at radius 2 is 2.11 bits per heavy atom. The molecular weight excluding hydrogens is 145 g/mol. The van der Waals surface area contributed by atoms with Crippen LogP contribution >= 0.6 is 7.14 Å². The van der Waals surface area contributed by atoms with Crippen LogP contribution in [0.3, 0.4) is 0 Å². The van der Waals surface area contributed by atoms with Gasteiger partial charge in [-0.2, -0.15) is 8.78 Å². The quantitative estimate of drug-likeness (QED) is 0.559. The number of hydrogen-bond donors (Lipinski definition) is 0. The summed E-state index contributed by atoms with van der Waals surface area (Å²) in [6, 6.07) is 0. The molecule has 1 atom stereocenters. The fourth-order valence-electron chi connectivity index (χ4n) is 0.298. The summed E-state index contributed by atoms with van der Waals surface area (Å²) in [6.07, 6.45) is -1.55. The van der Waals surface area contributed by atoms with Gasteiger partial charge in [-0.25, -0.2) is 0 Å². The number of rotatable bonds is 2. The van der Waals surface area contributed by atoms with Gasteiger partial charge in [-0.1, -0.05) is 6.92 Å². The van der Waals surface area contributed by atoms with E-state index in [2.05, 4.69) is 0 Å². The van der Waals surface area contributed by atoms with Crippen molar-refractivity contribution in [1.29, 1.82) is 0 Å². The van der Waals surface area contributed by atoms with E-state index in [1.165, 1.54) is 6.66 Å². The van der Waals surface area contributed by atoms with Crippen molar-refractivity contribution in [2.75, 3.05) is 12.8 Å². The second kappa shape index (κ2) is 3.11. The molecule has 0 saturated carbocycles. The Bertz CT molecular complexity index is 160. The zero-order valence-electron chi connectivity index (χ0n) is 5.40. The van der Waals surface area contributed by atoms with Crippen LogP contribution in [0.4, 0.5) is 8.78 Å². The van der Waals surface area contributed by atoms with Crippen molar-refractivity contribution in [1.82, 2.24) is 0 Å². The van der Waals surface area contributed by atoms with Crippen molar-refractivity contribution in [2.45, 2.75) is 6.92 Å². The van der Waals surface area contributed by atoms with Gasteiger partial charge in [0.15, 0.2) is 0 Å². The molecule has 0 N–H and O–H groups in total. The van der Waals surface area contributed by atoms with Gasteiger partial charge in [-0.3, -0.25) is 0 Å². The Hall–Kier alpha value is -0.170. The molecule has 1 nitrogen and oxygen atoms in total. The third-order valence-electron chi connectivity index (χ3n) is 0.999. The highest BCUT2D eigenvalue weighted by Crippen LogP contribution is 2.43. The van der Waals surface area contributed by atoms with Crippen LogP contribution in [0.1, 0.15) is 6.92 Å². The van der Waals surface area contributed by atoms with Gasteiger partial charge >= 0.3 is 0 Å². The van der Waals surface area contributed by atoms with E-state index < -0.39 is 13.2 Å². The average molecular weight is 154 g/mol. The van der Waals surface area contributed by atoms with Crippen LogP contribution in [-0.2, 0) is 4.57 Å². The molecule has 0 fully saturated rings. The van der Waals surface area contributed by atoms with Gasteiger partial charge in [-0.05, 0) is 6.66 Å². The van der Waals surface area contributed by atoms with E-state index in [0.29, 0.717) is 12.0 Å². The molecule has 0 aliphatic heterocycles. The van der Waals surface area contributed by atoms with Crippen LogP contribution in [-0.4, -0.2) is 12.8 Å². The zero-order chi connectivity index (χ0) is 7.49. The summed E-state index contributed by atoms with van der Waals surface area (Å²) in [5.74, 6) is 0.549. The molecule has 0 aliphatic rings. The van der Waals surface area contributed by atoms with Crippen molar-refractivity contribution in [3.8, 4) is 0 Å². The summed E-state index contributed by atoms with van der Waals surface area (Å²) < 4.78 is 33.6. The van der Waals surface area contributed by atoms with E-state index >= 15 is 0 Å². The lowest BCUT2D eigenvalue weighted by molar-refractivity contribution is 0.423. The number of hydrogen-bond acceptors (Lipinski definition) is 1. The van der Waals surface area contributed by atoms with Gasteiger partial charge in [0.25, 0.3) is 6.08 Å². The maximum absolute atomic E-state index is 11.4. The van der Waals surface area contributed by atoms with E-state index in [0.717, 1.165) is 0 Å². The standard InChI is InChI=1S/C5H9F2OP/c1-3-9(2,8)4-5(6)7/h4H,3H2,1-2H3. The van der Waals surface area contributed by atoms with Gasteiger partial charge in [0.05, 0.1) is 0 Å². The maximum atomic E-state index is 11.4. The van der Waals surface area contributed by atoms with E-state index in [-0.39, 0.29) is 0 Å². The first-order valence-electron chi connectivity index (χ1n) is 2.58. The SMILES string of the molecule is CCP(C)(=O)C=C(F)F. The molecule has 54 valence electrons. The molecule has 9 heavy (non-hydrogen) atoms. The van der Waals surface area contributed by atoms with Gasteiger partial charge < -0.3 is 4.57 Å². The molecule has 0 spiro atoms. The first kappa shape index (κ1) is 8.83. The third-order valence-corrected chi connectivity index (χ3v) is 3.00. The van der Waals surface area contributed by atoms with Gasteiger partial charge in [0.2, 0.25) is 0 Å². The second-order valence-corrected chi connectivity index (χ2v) is 5.15. The fourth-order valence-corrected chi connectivity index (χ4v) is 0.893. The molecule has 0 heterocycles. The Morgan fingerprint density at radius 1 is 1.67 bits per heavy atom. The molecule has 0 rings (SSSR count). The zero-order valence-corrected chi connectivity index (χ0v) is 6.29. The normalized spacial score (nSPS) is 16.4. The Kier molecular flexibility index (Phi) is 3.06. The van der Waals surface area contributed by atoms with Crippen LogP contribution in [0.15, 0.2) is 11.9 Å². The molecule has 4 heteroatoms. The smallest absolute Gasteiger partial charge is 0.273 e. The largest absolute Gasteiger partial charge is 0.319 e. The van der Waals surface area contributed by atoms with E-state index in [4.69, 9.17) is 0 Å². The maximum Gasteiger partial charge on any atom is 0.273 e. The monoisotopic (exact) mass is 154 g/mol. The molecule has 1 unspecified atom stereocenters. The highest BCUT2D eigenvalue weighted by molar-refractivity contribution is 7.66. The molecule has 0 aromatic heterocycles. The lowest BCUT2D eigenvalue weighted by Crippen LogP contribution is -1.76. The predicted octanol–water partition coefficient (Wildman–Crippen LogP) is 2.74. The van der Waals surface area contributed by atoms with Crippen LogP contribution in [0.25, 0.3) is 0 Å². The van der Waals surface area contributed by atoms with Crippen LogP contribution < -0.4 is 0 Å². The van der Waals surface area contributed by atoms with Crippen molar-refractivity contribution >= 4 is 7.14 Å². The molecular formula is C5H9F2OP. The minimum absolute atomic E-state index is 0.296. The highest BCUT2D eigenvalue weighted by atomic mass is 31.2. The summed E-state index contributed by atoms with van der Waals surface area (Å²) in [7, 11) is -2.64. The van der Waals surface area contributed by atoms with Gasteiger partial charge in [0, 0.05) is 12.0 Å². The summed E-state index contributed by atoms with van der Waals surface area (Å²) >= 11 is 0. The molecule has 0 saturated heterocycles. The Balaban J connectivity index is 4.20. The van der Waals surface area contributed by atoms with Crippen LogP contribution in [0.5, 0.6) is 0 Å². The van der Waals surface area contributed by atoms with Crippen LogP contribution in [0.2, 0.25) is 0 Å².